The molecule has 0 saturated carbocycles. The summed E-state index contributed by atoms with van der Waals surface area (Å²) in [5.74, 6) is 0.322. The summed E-state index contributed by atoms with van der Waals surface area (Å²) in [5.41, 5.74) is 2.55. The maximum atomic E-state index is 9.32. The van der Waals surface area contributed by atoms with Gasteiger partial charge >= 0.3 is 0 Å². The van der Waals surface area contributed by atoms with Crippen molar-refractivity contribution in [3.8, 4) is 5.75 Å². The summed E-state index contributed by atoms with van der Waals surface area (Å²) in [6.07, 6.45) is 0. The van der Waals surface area contributed by atoms with Gasteiger partial charge in [0.05, 0.1) is 0 Å². The summed E-state index contributed by atoms with van der Waals surface area (Å²) in [7, 11) is 0. The highest BCUT2D eigenvalue weighted by molar-refractivity contribution is 5.26. The number of phenolic OH excluding ortho intramolecular Hbond substituents is 1. The van der Waals surface area contributed by atoms with Crippen molar-refractivity contribution in [1.29, 1.82) is 0 Å². The van der Waals surface area contributed by atoms with E-state index in [0.29, 0.717) is 11.8 Å². The van der Waals surface area contributed by atoms with Crippen molar-refractivity contribution in [2.45, 2.75) is 33.0 Å². The highest BCUT2D eigenvalue weighted by atomic mass is 16.3. The van der Waals surface area contributed by atoms with Crippen LogP contribution >= 0.6 is 0 Å². The van der Waals surface area contributed by atoms with Gasteiger partial charge in [0, 0.05) is 19.1 Å². The number of rotatable bonds is 5. The average molecular weight is 255 g/mol. The zero-order valence-electron chi connectivity index (χ0n) is 11.6. The van der Waals surface area contributed by atoms with Crippen LogP contribution in [0, 0.1) is 0 Å². The molecule has 2 heteroatoms. The van der Waals surface area contributed by atoms with E-state index in [1.54, 1.807) is 12.1 Å². The SMILES string of the molecule is CC(C)N(Cc1ccccc1)Cc1ccc(O)cc1. The first-order valence-corrected chi connectivity index (χ1v) is 6.71. The number of hydrogen-bond donors (Lipinski definition) is 1. The number of nitrogens with zero attached hydrogens (tertiary/aromatic N) is 1. The van der Waals surface area contributed by atoms with Crippen molar-refractivity contribution >= 4 is 0 Å². The minimum Gasteiger partial charge on any atom is -0.508 e. The van der Waals surface area contributed by atoms with Gasteiger partial charge in [0.25, 0.3) is 0 Å². The minimum absolute atomic E-state index is 0.322. The van der Waals surface area contributed by atoms with E-state index in [2.05, 4.69) is 43.0 Å². The molecule has 0 aliphatic heterocycles. The lowest BCUT2D eigenvalue weighted by Gasteiger charge is -2.26. The molecule has 2 aromatic rings. The fraction of sp³-hybridized carbons (Fsp3) is 0.294. The Morgan fingerprint density at radius 2 is 1.37 bits per heavy atom. The van der Waals surface area contributed by atoms with Gasteiger partial charge in [0.2, 0.25) is 0 Å². The van der Waals surface area contributed by atoms with Crippen LogP contribution in [0.2, 0.25) is 0 Å². The topological polar surface area (TPSA) is 23.5 Å². The second-order valence-corrected chi connectivity index (χ2v) is 5.15. The Balaban J connectivity index is 2.06. The summed E-state index contributed by atoms with van der Waals surface area (Å²) >= 11 is 0. The van der Waals surface area contributed by atoms with E-state index in [-0.39, 0.29) is 0 Å². The van der Waals surface area contributed by atoms with Crippen molar-refractivity contribution in [2.24, 2.45) is 0 Å². The van der Waals surface area contributed by atoms with Crippen LogP contribution in [0.5, 0.6) is 5.75 Å². The van der Waals surface area contributed by atoms with Crippen LogP contribution in [-0.4, -0.2) is 16.0 Å². The molecule has 0 heterocycles. The average Bonchev–Trinajstić information content (AvgIpc) is 2.41. The van der Waals surface area contributed by atoms with Gasteiger partial charge in [-0.1, -0.05) is 42.5 Å². The maximum Gasteiger partial charge on any atom is 0.115 e. The first kappa shape index (κ1) is 13.6. The first-order chi connectivity index (χ1) is 9.15. The van der Waals surface area contributed by atoms with Gasteiger partial charge in [0.1, 0.15) is 5.75 Å². The third-order valence-corrected chi connectivity index (χ3v) is 3.28. The Bertz CT molecular complexity index is 490. The molecule has 0 aliphatic rings. The summed E-state index contributed by atoms with van der Waals surface area (Å²) in [5, 5.41) is 9.32. The molecule has 100 valence electrons. The van der Waals surface area contributed by atoms with Crippen molar-refractivity contribution < 1.29 is 5.11 Å². The standard InChI is InChI=1S/C17H21NO/c1-14(2)18(12-15-6-4-3-5-7-15)13-16-8-10-17(19)11-9-16/h3-11,14,19H,12-13H2,1-2H3. The Hall–Kier alpha value is -1.80. The van der Waals surface area contributed by atoms with Gasteiger partial charge in [-0.25, -0.2) is 0 Å². The van der Waals surface area contributed by atoms with Gasteiger partial charge in [-0.05, 0) is 37.1 Å². The highest BCUT2D eigenvalue weighted by Gasteiger charge is 2.10. The summed E-state index contributed by atoms with van der Waals surface area (Å²) < 4.78 is 0. The lowest BCUT2D eigenvalue weighted by atomic mass is 10.1. The molecule has 2 aromatic carbocycles. The van der Waals surface area contributed by atoms with Crippen molar-refractivity contribution in [2.75, 3.05) is 0 Å². The largest absolute Gasteiger partial charge is 0.508 e. The molecule has 0 atom stereocenters. The molecule has 19 heavy (non-hydrogen) atoms. The third-order valence-electron chi connectivity index (χ3n) is 3.28. The van der Waals surface area contributed by atoms with Crippen molar-refractivity contribution in [3.05, 3.63) is 65.7 Å². The number of hydrogen-bond acceptors (Lipinski definition) is 2. The number of benzene rings is 2. The van der Waals surface area contributed by atoms with Crippen LogP contribution in [0.15, 0.2) is 54.6 Å². The zero-order chi connectivity index (χ0) is 13.7. The quantitative estimate of drug-likeness (QED) is 0.878. The van der Waals surface area contributed by atoms with Gasteiger partial charge in [0.15, 0.2) is 0 Å². The lowest BCUT2D eigenvalue weighted by Crippen LogP contribution is -2.29. The minimum atomic E-state index is 0.322. The molecule has 1 N–H and O–H groups in total. The molecule has 0 aliphatic carbocycles. The molecule has 0 aromatic heterocycles. The molecule has 2 rings (SSSR count). The van der Waals surface area contributed by atoms with Crippen LogP contribution in [0.3, 0.4) is 0 Å². The third kappa shape index (κ3) is 4.11. The normalized spacial score (nSPS) is 11.2. The summed E-state index contributed by atoms with van der Waals surface area (Å²) in [6, 6.07) is 18.5. The van der Waals surface area contributed by atoms with Crippen molar-refractivity contribution in [1.82, 2.24) is 4.90 Å². The fourth-order valence-electron chi connectivity index (χ4n) is 2.07. The smallest absolute Gasteiger partial charge is 0.115 e. The zero-order valence-corrected chi connectivity index (χ0v) is 11.6. The Kier molecular flexibility index (Phi) is 4.58. The van der Waals surface area contributed by atoms with E-state index in [1.165, 1.54) is 11.1 Å². The summed E-state index contributed by atoms with van der Waals surface area (Å²) in [6.45, 7) is 6.26. The van der Waals surface area contributed by atoms with Crippen molar-refractivity contribution in [3.63, 3.8) is 0 Å². The van der Waals surface area contributed by atoms with Gasteiger partial charge < -0.3 is 5.11 Å². The van der Waals surface area contributed by atoms with E-state index < -0.39 is 0 Å². The monoisotopic (exact) mass is 255 g/mol. The van der Waals surface area contributed by atoms with Crippen LogP contribution in [-0.2, 0) is 13.1 Å². The molecular formula is C17H21NO. The second-order valence-electron chi connectivity index (χ2n) is 5.15. The van der Waals surface area contributed by atoms with Crippen LogP contribution in [0.1, 0.15) is 25.0 Å². The van der Waals surface area contributed by atoms with E-state index in [9.17, 15) is 5.11 Å². The molecule has 0 amide bonds. The first-order valence-electron chi connectivity index (χ1n) is 6.71. The maximum absolute atomic E-state index is 9.32. The molecule has 2 nitrogen and oxygen atoms in total. The molecule has 0 bridgehead atoms. The number of phenols is 1. The predicted octanol–water partition coefficient (Wildman–Crippen LogP) is 3.80. The Labute approximate surface area is 115 Å². The summed E-state index contributed by atoms with van der Waals surface area (Å²) in [4.78, 5) is 2.42. The highest BCUT2D eigenvalue weighted by Crippen LogP contribution is 2.15. The number of aromatic hydroxyl groups is 1. The van der Waals surface area contributed by atoms with Crippen LogP contribution < -0.4 is 0 Å². The van der Waals surface area contributed by atoms with E-state index in [0.717, 1.165) is 13.1 Å². The Morgan fingerprint density at radius 3 is 1.89 bits per heavy atom. The molecule has 0 radical (unpaired) electrons. The van der Waals surface area contributed by atoms with Crippen LogP contribution in [0.4, 0.5) is 0 Å². The van der Waals surface area contributed by atoms with Crippen LogP contribution in [0.25, 0.3) is 0 Å². The van der Waals surface area contributed by atoms with E-state index >= 15 is 0 Å². The molecule has 0 unspecified atom stereocenters. The predicted molar refractivity (Wildman–Crippen MR) is 78.9 cm³/mol. The molecule has 0 saturated heterocycles. The molecular weight excluding hydrogens is 234 g/mol. The second kappa shape index (κ2) is 6.39. The lowest BCUT2D eigenvalue weighted by molar-refractivity contribution is 0.203. The van der Waals surface area contributed by atoms with E-state index in [1.807, 2.05) is 18.2 Å². The molecule has 0 fully saturated rings. The van der Waals surface area contributed by atoms with Gasteiger partial charge in [-0.3, -0.25) is 4.90 Å². The van der Waals surface area contributed by atoms with Gasteiger partial charge in [-0.15, -0.1) is 0 Å². The molecule has 0 spiro atoms. The Morgan fingerprint density at radius 1 is 0.842 bits per heavy atom. The van der Waals surface area contributed by atoms with Gasteiger partial charge in [-0.2, -0.15) is 0 Å². The fourth-order valence-corrected chi connectivity index (χ4v) is 2.07. The van der Waals surface area contributed by atoms with E-state index in [4.69, 9.17) is 0 Å².